The monoisotopic (exact) mass is 209 g/mol. The van der Waals surface area contributed by atoms with Crippen LogP contribution in [0.5, 0.6) is 0 Å². The fourth-order valence-electron chi connectivity index (χ4n) is 2.31. The Kier molecular flexibility index (Phi) is 2.00. The minimum atomic E-state index is 0.939. The van der Waals surface area contributed by atoms with E-state index in [-0.39, 0.29) is 0 Å². The van der Waals surface area contributed by atoms with Crippen LogP contribution in [0.2, 0.25) is 0 Å². The molecule has 2 aromatic carbocycles. The summed E-state index contributed by atoms with van der Waals surface area (Å²) >= 11 is 0. The van der Waals surface area contributed by atoms with E-state index >= 15 is 0 Å². The van der Waals surface area contributed by atoms with Crippen molar-refractivity contribution in [2.24, 2.45) is 5.16 Å². The molecule has 0 bridgehead atoms. The first-order valence-electron chi connectivity index (χ1n) is 5.27. The van der Waals surface area contributed by atoms with Gasteiger partial charge in [-0.15, -0.1) is 0 Å². The van der Waals surface area contributed by atoms with Crippen LogP contribution in [-0.2, 0) is 6.42 Å². The molecule has 0 saturated heterocycles. The molecular weight excluding hydrogens is 198 g/mol. The Morgan fingerprint density at radius 3 is 2.69 bits per heavy atom. The Hall–Kier alpha value is -2.09. The largest absolute Gasteiger partial charge is 0.411 e. The smallest absolute Gasteiger partial charge is 0.0733 e. The molecule has 0 amide bonds. The first-order chi connectivity index (χ1) is 7.88. The predicted molar refractivity (Wildman–Crippen MR) is 64.1 cm³/mol. The zero-order chi connectivity index (χ0) is 11.0. The van der Waals surface area contributed by atoms with Gasteiger partial charge in [0.2, 0.25) is 0 Å². The number of hydrogen-bond donors (Lipinski definition) is 1. The molecule has 2 nitrogen and oxygen atoms in total. The highest BCUT2D eigenvalue weighted by molar-refractivity contribution is 5.84. The topological polar surface area (TPSA) is 32.6 Å². The highest BCUT2D eigenvalue weighted by Gasteiger charge is 2.17. The third kappa shape index (κ3) is 1.31. The zero-order valence-electron chi connectivity index (χ0n) is 8.72. The highest BCUT2D eigenvalue weighted by atomic mass is 16.4. The van der Waals surface area contributed by atoms with Crippen molar-refractivity contribution in [2.45, 2.75) is 6.42 Å². The quantitative estimate of drug-likeness (QED) is 0.373. The fourth-order valence-corrected chi connectivity index (χ4v) is 2.31. The maximum absolute atomic E-state index is 8.51. The summed E-state index contributed by atoms with van der Waals surface area (Å²) in [7, 11) is 0. The molecule has 0 heterocycles. The Balaban J connectivity index is 2.14. The van der Waals surface area contributed by atoms with Crippen LogP contribution in [0.3, 0.4) is 0 Å². The molecule has 78 valence electrons. The van der Waals surface area contributed by atoms with Crippen LogP contribution < -0.4 is 0 Å². The van der Waals surface area contributed by atoms with Crippen LogP contribution in [0.15, 0.2) is 47.6 Å². The van der Waals surface area contributed by atoms with Crippen molar-refractivity contribution >= 4 is 6.21 Å². The van der Waals surface area contributed by atoms with Gasteiger partial charge in [0.1, 0.15) is 0 Å². The first kappa shape index (κ1) is 9.16. The molecule has 0 radical (unpaired) electrons. The van der Waals surface area contributed by atoms with Crippen LogP contribution in [-0.4, -0.2) is 11.4 Å². The average Bonchev–Trinajstić information content (AvgIpc) is 2.67. The van der Waals surface area contributed by atoms with Gasteiger partial charge in [0.25, 0.3) is 0 Å². The van der Waals surface area contributed by atoms with Gasteiger partial charge in [-0.2, -0.15) is 0 Å². The van der Waals surface area contributed by atoms with E-state index in [0.717, 1.165) is 12.0 Å². The summed E-state index contributed by atoms with van der Waals surface area (Å²) in [5.41, 5.74) is 6.24. The normalized spacial score (nSPS) is 12.8. The first-order valence-corrected chi connectivity index (χ1v) is 5.27. The Bertz CT molecular complexity index is 573. The van der Waals surface area contributed by atoms with Gasteiger partial charge in [0, 0.05) is 0 Å². The zero-order valence-corrected chi connectivity index (χ0v) is 8.72. The van der Waals surface area contributed by atoms with Gasteiger partial charge in [-0.25, -0.2) is 0 Å². The van der Waals surface area contributed by atoms with Gasteiger partial charge in [-0.05, 0) is 40.3 Å². The fraction of sp³-hybridized carbons (Fsp3) is 0.0714. The second-order valence-electron chi connectivity index (χ2n) is 4.00. The van der Waals surface area contributed by atoms with Gasteiger partial charge < -0.3 is 5.21 Å². The lowest BCUT2D eigenvalue weighted by molar-refractivity contribution is 0.322. The SMILES string of the molecule is O/N=C/c1ccc2c(c1)Cc1ccccc1-2. The standard InChI is InChI=1S/C14H11NO/c16-15-9-10-5-6-14-12(7-10)8-11-3-1-2-4-13(11)14/h1-7,9,16H,8H2/b15-9+. The molecule has 1 N–H and O–H groups in total. The molecule has 0 atom stereocenters. The maximum Gasteiger partial charge on any atom is 0.0733 e. The van der Waals surface area contributed by atoms with E-state index < -0.39 is 0 Å². The van der Waals surface area contributed by atoms with E-state index in [0.29, 0.717) is 0 Å². The van der Waals surface area contributed by atoms with Crippen LogP contribution in [0.25, 0.3) is 11.1 Å². The summed E-state index contributed by atoms with van der Waals surface area (Å²) in [6, 6.07) is 14.6. The molecule has 0 saturated carbocycles. The minimum absolute atomic E-state index is 0.939. The highest BCUT2D eigenvalue weighted by Crippen LogP contribution is 2.36. The van der Waals surface area contributed by atoms with Crippen molar-refractivity contribution in [3.8, 4) is 11.1 Å². The lowest BCUT2D eigenvalue weighted by atomic mass is 10.0. The van der Waals surface area contributed by atoms with E-state index in [4.69, 9.17) is 5.21 Å². The number of oxime groups is 1. The lowest BCUT2D eigenvalue weighted by Gasteiger charge is -2.00. The summed E-state index contributed by atoms with van der Waals surface area (Å²) in [6.07, 6.45) is 2.43. The van der Waals surface area contributed by atoms with Crippen molar-refractivity contribution in [1.82, 2.24) is 0 Å². The molecule has 1 aliphatic carbocycles. The van der Waals surface area contributed by atoms with Gasteiger partial charge in [0.05, 0.1) is 6.21 Å². The molecule has 0 unspecified atom stereocenters. The van der Waals surface area contributed by atoms with Gasteiger partial charge in [-0.1, -0.05) is 41.6 Å². The van der Waals surface area contributed by atoms with Crippen molar-refractivity contribution in [3.63, 3.8) is 0 Å². The molecule has 16 heavy (non-hydrogen) atoms. The molecule has 3 rings (SSSR count). The molecule has 2 heteroatoms. The summed E-state index contributed by atoms with van der Waals surface area (Å²) in [6.45, 7) is 0. The van der Waals surface area contributed by atoms with E-state index in [1.165, 1.54) is 28.5 Å². The van der Waals surface area contributed by atoms with E-state index in [2.05, 4.69) is 41.6 Å². The average molecular weight is 209 g/mol. The van der Waals surface area contributed by atoms with E-state index in [1.54, 1.807) is 0 Å². The summed E-state index contributed by atoms with van der Waals surface area (Å²) < 4.78 is 0. The number of fused-ring (bicyclic) bond motifs is 3. The van der Waals surface area contributed by atoms with Crippen molar-refractivity contribution in [2.75, 3.05) is 0 Å². The van der Waals surface area contributed by atoms with Crippen LogP contribution in [0.4, 0.5) is 0 Å². The lowest BCUT2D eigenvalue weighted by Crippen LogP contribution is -1.85. The number of nitrogens with zero attached hydrogens (tertiary/aromatic N) is 1. The summed E-state index contributed by atoms with van der Waals surface area (Å²) in [5.74, 6) is 0. The van der Waals surface area contributed by atoms with Gasteiger partial charge in [0.15, 0.2) is 0 Å². The molecule has 0 aliphatic heterocycles. The second kappa shape index (κ2) is 3.49. The van der Waals surface area contributed by atoms with Crippen LogP contribution in [0, 0.1) is 0 Å². The molecule has 0 spiro atoms. The third-order valence-electron chi connectivity index (χ3n) is 3.02. The predicted octanol–water partition coefficient (Wildman–Crippen LogP) is 3.07. The Morgan fingerprint density at radius 2 is 1.81 bits per heavy atom. The van der Waals surface area contributed by atoms with E-state index in [9.17, 15) is 0 Å². The molecule has 1 aliphatic rings. The van der Waals surface area contributed by atoms with Crippen LogP contribution in [0.1, 0.15) is 16.7 Å². The van der Waals surface area contributed by atoms with Crippen LogP contribution >= 0.6 is 0 Å². The van der Waals surface area contributed by atoms with E-state index in [1.807, 2.05) is 6.07 Å². The molecular formula is C14H11NO. The maximum atomic E-state index is 8.51. The molecule has 2 aromatic rings. The minimum Gasteiger partial charge on any atom is -0.411 e. The Morgan fingerprint density at radius 1 is 1.00 bits per heavy atom. The van der Waals surface area contributed by atoms with Gasteiger partial charge in [-0.3, -0.25) is 0 Å². The van der Waals surface area contributed by atoms with Crippen molar-refractivity contribution < 1.29 is 5.21 Å². The summed E-state index contributed by atoms with van der Waals surface area (Å²) in [4.78, 5) is 0. The third-order valence-corrected chi connectivity index (χ3v) is 3.02. The Labute approximate surface area is 93.9 Å². The van der Waals surface area contributed by atoms with Crippen molar-refractivity contribution in [3.05, 3.63) is 59.2 Å². The number of benzene rings is 2. The second-order valence-corrected chi connectivity index (χ2v) is 4.00. The molecule has 0 fully saturated rings. The van der Waals surface area contributed by atoms with Crippen molar-refractivity contribution in [1.29, 1.82) is 0 Å². The van der Waals surface area contributed by atoms with Gasteiger partial charge >= 0.3 is 0 Å². The number of hydrogen-bond acceptors (Lipinski definition) is 2. The number of rotatable bonds is 1. The molecule has 0 aromatic heterocycles. The summed E-state index contributed by atoms with van der Waals surface area (Å²) in [5, 5.41) is 11.6.